The first-order valence-electron chi connectivity index (χ1n) is 7.35. The highest BCUT2D eigenvalue weighted by molar-refractivity contribution is 8.00. The van der Waals surface area contributed by atoms with Crippen LogP contribution in [0.15, 0.2) is 52.3 Å². The predicted octanol–water partition coefficient (Wildman–Crippen LogP) is 2.94. The molecule has 7 heteroatoms. The van der Waals surface area contributed by atoms with Gasteiger partial charge in [-0.25, -0.2) is 13.1 Å². The van der Waals surface area contributed by atoms with E-state index in [9.17, 15) is 13.2 Å². The Morgan fingerprint density at radius 1 is 1.08 bits per heavy atom. The van der Waals surface area contributed by atoms with E-state index in [-0.39, 0.29) is 16.6 Å². The summed E-state index contributed by atoms with van der Waals surface area (Å²) in [6.07, 6.45) is 0. The van der Waals surface area contributed by atoms with Crippen molar-refractivity contribution in [2.75, 3.05) is 18.1 Å². The average Bonchev–Trinajstić information content (AvgIpc) is 2.56. The largest absolute Gasteiger partial charge is 0.325 e. The van der Waals surface area contributed by atoms with Gasteiger partial charge >= 0.3 is 0 Å². The highest BCUT2D eigenvalue weighted by atomic mass is 32.2. The third-order valence-corrected chi connectivity index (χ3v) is 5.99. The van der Waals surface area contributed by atoms with Gasteiger partial charge in [0, 0.05) is 10.6 Å². The van der Waals surface area contributed by atoms with Gasteiger partial charge in [0.25, 0.3) is 0 Å². The fourth-order valence-corrected chi connectivity index (χ4v) is 3.75. The number of amides is 1. The zero-order chi connectivity index (χ0) is 17.7. The normalized spacial score (nSPS) is 11.3. The molecule has 0 spiro atoms. The molecule has 0 fully saturated rings. The standard InChI is InChI=1S/C17H20N2O3S2/c1-12-4-8-15(9-5-12)23-11-17(20)19-14-7-6-13(2)16(10-14)24(21,22)18-3/h4-10,18H,11H2,1-3H3,(H,19,20). The minimum atomic E-state index is -3.55. The van der Waals surface area contributed by atoms with Crippen LogP contribution in [0.4, 0.5) is 5.69 Å². The van der Waals surface area contributed by atoms with E-state index in [4.69, 9.17) is 0 Å². The molecular weight excluding hydrogens is 344 g/mol. The van der Waals surface area contributed by atoms with E-state index in [0.717, 1.165) is 4.90 Å². The molecule has 0 aliphatic heterocycles. The van der Waals surface area contributed by atoms with Crippen molar-refractivity contribution in [1.29, 1.82) is 0 Å². The van der Waals surface area contributed by atoms with Crippen LogP contribution in [0.1, 0.15) is 11.1 Å². The van der Waals surface area contributed by atoms with E-state index >= 15 is 0 Å². The molecule has 1 amide bonds. The molecule has 0 saturated heterocycles. The second-order valence-electron chi connectivity index (χ2n) is 5.34. The van der Waals surface area contributed by atoms with Gasteiger partial charge in [0.15, 0.2) is 0 Å². The first-order chi connectivity index (χ1) is 11.3. The van der Waals surface area contributed by atoms with Gasteiger partial charge in [-0.05, 0) is 50.7 Å². The summed E-state index contributed by atoms with van der Waals surface area (Å²) in [5.74, 6) is 0.0719. The lowest BCUT2D eigenvalue weighted by molar-refractivity contribution is -0.113. The summed E-state index contributed by atoms with van der Waals surface area (Å²) < 4.78 is 26.2. The van der Waals surface area contributed by atoms with Crippen LogP contribution in [-0.2, 0) is 14.8 Å². The van der Waals surface area contributed by atoms with Crippen molar-refractivity contribution in [2.45, 2.75) is 23.6 Å². The summed E-state index contributed by atoms with van der Waals surface area (Å²) in [5, 5.41) is 2.74. The van der Waals surface area contributed by atoms with E-state index in [1.165, 1.54) is 30.4 Å². The van der Waals surface area contributed by atoms with Crippen molar-refractivity contribution in [3.05, 3.63) is 53.6 Å². The van der Waals surface area contributed by atoms with Crippen molar-refractivity contribution in [3.8, 4) is 0 Å². The molecule has 0 atom stereocenters. The smallest absolute Gasteiger partial charge is 0.240 e. The Balaban J connectivity index is 2.04. The minimum absolute atomic E-state index is 0.161. The van der Waals surface area contributed by atoms with E-state index < -0.39 is 10.0 Å². The summed E-state index contributed by atoms with van der Waals surface area (Å²) in [6.45, 7) is 3.72. The molecule has 5 nitrogen and oxygen atoms in total. The molecule has 0 aliphatic rings. The van der Waals surface area contributed by atoms with Gasteiger partial charge in [-0.1, -0.05) is 23.8 Å². The van der Waals surface area contributed by atoms with Gasteiger partial charge in [0.2, 0.25) is 15.9 Å². The van der Waals surface area contributed by atoms with Crippen LogP contribution in [0, 0.1) is 13.8 Å². The lowest BCUT2D eigenvalue weighted by Crippen LogP contribution is -2.20. The third-order valence-electron chi connectivity index (χ3n) is 3.42. The molecule has 0 unspecified atom stereocenters. The lowest BCUT2D eigenvalue weighted by Gasteiger charge is -2.10. The second-order valence-corrected chi connectivity index (χ2v) is 8.24. The fraction of sp³-hybridized carbons (Fsp3) is 0.235. The molecule has 0 saturated carbocycles. The zero-order valence-electron chi connectivity index (χ0n) is 13.8. The predicted molar refractivity (Wildman–Crippen MR) is 98.0 cm³/mol. The number of nitrogens with one attached hydrogen (secondary N) is 2. The summed E-state index contributed by atoms with van der Waals surface area (Å²) in [5.41, 5.74) is 2.25. The Bertz CT molecular complexity index is 831. The second kappa shape index (κ2) is 7.83. The lowest BCUT2D eigenvalue weighted by atomic mass is 10.2. The fourth-order valence-electron chi connectivity index (χ4n) is 2.06. The summed E-state index contributed by atoms with van der Waals surface area (Å²) in [7, 11) is -2.19. The molecule has 0 bridgehead atoms. The van der Waals surface area contributed by atoms with Crippen LogP contribution in [0.25, 0.3) is 0 Å². The van der Waals surface area contributed by atoms with Crippen molar-refractivity contribution in [2.24, 2.45) is 0 Å². The number of anilines is 1. The Hall–Kier alpha value is -1.83. The Morgan fingerprint density at radius 3 is 2.38 bits per heavy atom. The van der Waals surface area contributed by atoms with Crippen LogP contribution in [-0.4, -0.2) is 27.1 Å². The van der Waals surface area contributed by atoms with Crippen LogP contribution < -0.4 is 10.0 Å². The van der Waals surface area contributed by atoms with Gasteiger partial charge in [-0.15, -0.1) is 11.8 Å². The molecule has 2 N–H and O–H groups in total. The number of rotatable bonds is 6. The molecule has 24 heavy (non-hydrogen) atoms. The minimum Gasteiger partial charge on any atom is -0.325 e. The zero-order valence-corrected chi connectivity index (χ0v) is 15.4. The number of carbonyl (C=O) groups is 1. The highest BCUT2D eigenvalue weighted by Gasteiger charge is 2.15. The van der Waals surface area contributed by atoms with E-state index in [0.29, 0.717) is 11.3 Å². The van der Waals surface area contributed by atoms with Crippen molar-refractivity contribution in [1.82, 2.24) is 4.72 Å². The van der Waals surface area contributed by atoms with Crippen molar-refractivity contribution >= 4 is 33.4 Å². The van der Waals surface area contributed by atoms with Gasteiger partial charge in [0.05, 0.1) is 10.6 Å². The number of benzene rings is 2. The Labute approximate surface area is 146 Å². The number of aryl methyl sites for hydroxylation is 2. The maximum absolute atomic E-state index is 12.1. The molecule has 2 aromatic rings. The SMILES string of the molecule is CNS(=O)(=O)c1cc(NC(=O)CSc2ccc(C)cc2)ccc1C. The monoisotopic (exact) mass is 364 g/mol. The molecule has 0 heterocycles. The molecule has 2 rings (SSSR count). The Kier molecular flexibility index (Phi) is 6.04. The van der Waals surface area contributed by atoms with Crippen molar-refractivity contribution < 1.29 is 13.2 Å². The first kappa shape index (κ1) is 18.5. The number of thioether (sulfide) groups is 1. The molecule has 128 valence electrons. The van der Waals surface area contributed by atoms with Crippen LogP contribution in [0.2, 0.25) is 0 Å². The summed E-state index contributed by atoms with van der Waals surface area (Å²) in [4.78, 5) is 13.2. The number of sulfonamides is 1. The van der Waals surface area contributed by atoms with Crippen LogP contribution in [0.3, 0.4) is 0 Å². The average molecular weight is 364 g/mol. The number of hydrogen-bond donors (Lipinski definition) is 2. The van der Waals surface area contributed by atoms with Crippen LogP contribution >= 0.6 is 11.8 Å². The van der Waals surface area contributed by atoms with Gasteiger partial charge in [0.1, 0.15) is 0 Å². The number of carbonyl (C=O) groups excluding carboxylic acids is 1. The molecular formula is C17H20N2O3S2. The summed E-state index contributed by atoms with van der Waals surface area (Å²) in [6, 6.07) is 12.8. The van der Waals surface area contributed by atoms with Crippen molar-refractivity contribution in [3.63, 3.8) is 0 Å². The summed E-state index contributed by atoms with van der Waals surface area (Å²) >= 11 is 1.43. The molecule has 0 aromatic heterocycles. The third kappa shape index (κ3) is 4.83. The highest BCUT2D eigenvalue weighted by Crippen LogP contribution is 2.21. The Morgan fingerprint density at radius 2 is 1.75 bits per heavy atom. The van der Waals surface area contributed by atoms with E-state index in [2.05, 4.69) is 10.0 Å². The van der Waals surface area contributed by atoms with Crippen LogP contribution in [0.5, 0.6) is 0 Å². The van der Waals surface area contributed by atoms with Gasteiger partial charge in [-0.3, -0.25) is 4.79 Å². The molecule has 2 aromatic carbocycles. The maximum atomic E-state index is 12.1. The quantitative estimate of drug-likeness (QED) is 0.773. The van der Waals surface area contributed by atoms with E-state index in [1.54, 1.807) is 19.1 Å². The van der Waals surface area contributed by atoms with Gasteiger partial charge < -0.3 is 5.32 Å². The topological polar surface area (TPSA) is 75.3 Å². The molecule has 0 radical (unpaired) electrons. The van der Waals surface area contributed by atoms with Gasteiger partial charge in [-0.2, -0.15) is 0 Å². The molecule has 0 aliphatic carbocycles. The number of hydrogen-bond acceptors (Lipinski definition) is 4. The first-order valence-corrected chi connectivity index (χ1v) is 9.82. The maximum Gasteiger partial charge on any atom is 0.240 e. The van der Waals surface area contributed by atoms with E-state index in [1.807, 2.05) is 31.2 Å².